The van der Waals surface area contributed by atoms with Crippen LogP contribution in [0.3, 0.4) is 0 Å². The van der Waals surface area contributed by atoms with Gasteiger partial charge in [0.25, 0.3) is 0 Å². The lowest BCUT2D eigenvalue weighted by Crippen LogP contribution is -2.49. The minimum absolute atomic E-state index is 0.214. The summed E-state index contributed by atoms with van der Waals surface area (Å²) in [5.41, 5.74) is 2.84. The Kier molecular flexibility index (Phi) is 8.47. The summed E-state index contributed by atoms with van der Waals surface area (Å²) in [7, 11) is 0. The van der Waals surface area contributed by atoms with E-state index in [0.29, 0.717) is 18.7 Å². The third kappa shape index (κ3) is 7.48. The lowest BCUT2D eigenvalue weighted by Gasteiger charge is -2.33. The lowest BCUT2D eigenvalue weighted by molar-refractivity contribution is -0.477. The lowest BCUT2D eigenvalue weighted by atomic mass is 10.00. The molecule has 3 aromatic rings. The molecule has 0 saturated heterocycles. The second kappa shape index (κ2) is 11.5. The number of benzene rings is 3. The Balaban J connectivity index is 2.02. The normalized spacial score (nSPS) is 13.1. The summed E-state index contributed by atoms with van der Waals surface area (Å²) in [4.78, 5) is 15.1. The van der Waals surface area contributed by atoms with E-state index in [1.165, 1.54) is 0 Å². The zero-order chi connectivity index (χ0) is 24.6. The van der Waals surface area contributed by atoms with Gasteiger partial charge in [0.2, 0.25) is 0 Å². The number of carbonyl (C=O) groups is 1. The van der Waals surface area contributed by atoms with Crippen LogP contribution in [-0.2, 0) is 24.2 Å². The topological polar surface area (TPSA) is 55.6 Å². The highest BCUT2D eigenvalue weighted by Crippen LogP contribution is 2.20. The molecular formula is C29H34N2O3. The zero-order valence-corrected chi connectivity index (χ0v) is 20.5. The predicted molar refractivity (Wildman–Crippen MR) is 137 cm³/mol. The summed E-state index contributed by atoms with van der Waals surface area (Å²) in [5, 5.41) is 13.3. The average Bonchev–Trinajstić information content (AvgIpc) is 2.81. The van der Waals surface area contributed by atoms with Crippen molar-refractivity contribution in [2.45, 2.75) is 58.8 Å². The van der Waals surface area contributed by atoms with Crippen LogP contribution in [0.5, 0.6) is 0 Å². The Morgan fingerprint density at radius 3 is 1.82 bits per heavy atom. The van der Waals surface area contributed by atoms with E-state index in [-0.39, 0.29) is 6.54 Å². The summed E-state index contributed by atoms with van der Waals surface area (Å²) < 4.78 is 6.78. The van der Waals surface area contributed by atoms with Crippen molar-refractivity contribution in [3.8, 4) is 0 Å². The van der Waals surface area contributed by atoms with Crippen LogP contribution in [-0.4, -0.2) is 33.1 Å². The first-order valence-corrected chi connectivity index (χ1v) is 11.6. The SMILES string of the molecule is C/C(C(Cc1ccccc1)N(Cc1ccccc1)C(=O)OC(C)(C)C)=[N+](/[O-])Cc1ccccc1. The second-order valence-corrected chi connectivity index (χ2v) is 9.46. The van der Waals surface area contributed by atoms with Crippen LogP contribution in [0.25, 0.3) is 0 Å². The van der Waals surface area contributed by atoms with Crippen molar-refractivity contribution in [1.29, 1.82) is 0 Å². The molecule has 178 valence electrons. The molecule has 1 atom stereocenters. The highest BCUT2D eigenvalue weighted by molar-refractivity contribution is 5.87. The van der Waals surface area contributed by atoms with Crippen LogP contribution < -0.4 is 0 Å². The molecule has 0 aliphatic rings. The molecule has 0 aliphatic heterocycles. The maximum absolute atomic E-state index is 13.5. The van der Waals surface area contributed by atoms with Gasteiger partial charge >= 0.3 is 6.09 Å². The van der Waals surface area contributed by atoms with Gasteiger partial charge in [-0.2, -0.15) is 0 Å². The quantitative estimate of drug-likeness (QED) is 0.175. The first-order valence-electron chi connectivity index (χ1n) is 11.6. The fourth-order valence-corrected chi connectivity index (χ4v) is 3.76. The molecule has 1 unspecified atom stereocenters. The molecule has 5 nitrogen and oxygen atoms in total. The first kappa shape index (κ1) is 25.0. The van der Waals surface area contributed by atoms with Crippen molar-refractivity contribution in [3.63, 3.8) is 0 Å². The van der Waals surface area contributed by atoms with Crippen LogP contribution in [0, 0.1) is 5.21 Å². The van der Waals surface area contributed by atoms with Crippen LogP contribution in [0.15, 0.2) is 91.0 Å². The molecule has 3 rings (SSSR count). The number of ether oxygens (including phenoxy) is 1. The Labute approximate surface area is 202 Å². The van der Waals surface area contributed by atoms with Crippen molar-refractivity contribution < 1.29 is 14.3 Å². The number of rotatable bonds is 8. The van der Waals surface area contributed by atoms with Gasteiger partial charge in [-0.1, -0.05) is 91.0 Å². The molecule has 0 N–H and O–H groups in total. The predicted octanol–water partition coefficient (Wildman–Crippen LogP) is 6.21. The van der Waals surface area contributed by atoms with E-state index in [4.69, 9.17) is 4.74 Å². The largest absolute Gasteiger partial charge is 0.624 e. The van der Waals surface area contributed by atoms with E-state index in [1.807, 2.05) is 119 Å². The minimum atomic E-state index is -0.654. The minimum Gasteiger partial charge on any atom is -0.624 e. The van der Waals surface area contributed by atoms with Crippen LogP contribution >= 0.6 is 0 Å². The number of nitrogens with zero attached hydrogens (tertiary/aromatic N) is 2. The molecule has 0 fully saturated rings. The van der Waals surface area contributed by atoms with Gasteiger partial charge in [-0.05, 0) is 31.9 Å². The highest BCUT2D eigenvalue weighted by atomic mass is 16.6. The Morgan fingerprint density at radius 2 is 1.32 bits per heavy atom. The Hall–Kier alpha value is -3.60. The molecule has 3 aromatic carbocycles. The van der Waals surface area contributed by atoms with Crippen molar-refractivity contribution >= 4 is 11.8 Å². The summed E-state index contributed by atoms with van der Waals surface area (Å²) in [6.07, 6.45) is 0.0662. The maximum atomic E-state index is 13.5. The van der Waals surface area contributed by atoms with Crippen molar-refractivity contribution in [3.05, 3.63) is 113 Å². The Morgan fingerprint density at radius 1 is 0.853 bits per heavy atom. The Bertz CT molecular complexity index is 1070. The summed E-state index contributed by atoms with van der Waals surface area (Å²) in [6.45, 7) is 7.91. The molecule has 34 heavy (non-hydrogen) atoms. The van der Waals surface area contributed by atoms with E-state index >= 15 is 0 Å². The summed E-state index contributed by atoms with van der Waals surface area (Å²) >= 11 is 0. The summed E-state index contributed by atoms with van der Waals surface area (Å²) in [6, 6.07) is 28.9. The highest BCUT2D eigenvalue weighted by Gasteiger charge is 2.33. The van der Waals surface area contributed by atoms with Gasteiger partial charge < -0.3 is 9.94 Å². The van der Waals surface area contributed by atoms with Gasteiger partial charge in [-0.15, -0.1) is 0 Å². The smallest absolute Gasteiger partial charge is 0.411 e. The molecule has 1 amide bonds. The van der Waals surface area contributed by atoms with Gasteiger partial charge in [0.05, 0.1) is 0 Å². The van der Waals surface area contributed by atoms with Crippen molar-refractivity contribution in [2.75, 3.05) is 0 Å². The van der Waals surface area contributed by atoms with E-state index in [0.717, 1.165) is 21.4 Å². The number of carbonyl (C=O) groups excluding carboxylic acids is 1. The number of hydrogen-bond donors (Lipinski definition) is 0. The molecule has 0 heterocycles. The first-order chi connectivity index (χ1) is 16.2. The van der Waals surface area contributed by atoms with Gasteiger partial charge in [0.15, 0.2) is 12.3 Å². The third-order valence-electron chi connectivity index (χ3n) is 5.52. The third-order valence-corrected chi connectivity index (χ3v) is 5.52. The van der Waals surface area contributed by atoms with Crippen LogP contribution in [0.2, 0.25) is 0 Å². The van der Waals surface area contributed by atoms with Gasteiger partial charge in [0, 0.05) is 25.5 Å². The molecule has 0 aliphatic carbocycles. The van der Waals surface area contributed by atoms with Gasteiger partial charge in [-0.3, -0.25) is 4.90 Å². The number of hydrogen-bond acceptors (Lipinski definition) is 3. The maximum Gasteiger partial charge on any atom is 0.411 e. The average molecular weight is 459 g/mol. The van der Waals surface area contributed by atoms with E-state index in [1.54, 1.807) is 4.90 Å². The molecule has 0 saturated carbocycles. The van der Waals surface area contributed by atoms with Crippen LogP contribution in [0.1, 0.15) is 44.4 Å². The monoisotopic (exact) mass is 458 g/mol. The standard InChI is InChI=1S/C29H34N2O3/c1-23(31(33)22-26-18-12-7-13-19-26)27(20-24-14-8-5-9-15-24)30(28(32)34-29(2,3)4)21-25-16-10-6-11-17-25/h5-19,27H,20-22H2,1-4H3/b31-23-. The second-order valence-electron chi connectivity index (χ2n) is 9.46. The fraction of sp³-hybridized carbons (Fsp3) is 0.310. The fourth-order valence-electron chi connectivity index (χ4n) is 3.76. The number of amides is 1. The van der Waals surface area contributed by atoms with Gasteiger partial charge in [0.1, 0.15) is 11.6 Å². The zero-order valence-electron chi connectivity index (χ0n) is 20.5. The van der Waals surface area contributed by atoms with Crippen molar-refractivity contribution in [1.82, 2.24) is 4.90 Å². The van der Waals surface area contributed by atoms with Gasteiger partial charge in [-0.25, -0.2) is 9.53 Å². The summed E-state index contributed by atoms with van der Waals surface area (Å²) in [5.74, 6) is 0. The molecule has 0 spiro atoms. The molecule has 0 aromatic heterocycles. The van der Waals surface area contributed by atoms with Crippen LogP contribution in [0.4, 0.5) is 4.79 Å². The van der Waals surface area contributed by atoms with E-state index in [9.17, 15) is 10.0 Å². The molecular weight excluding hydrogens is 424 g/mol. The number of hydroxylamine groups is 1. The van der Waals surface area contributed by atoms with E-state index < -0.39 is 17.7 Å². The molecule has 0 radical (unpaired) electrons. The van der Waals surface area contributed by atoms with Crippen molar-refractivity contribution in [2.24, 2.45) is 0 Å². The molecule has 5 heteroatoms. The molecule has 0 bridgehead atoms. The van der Waals surface area contributed by atoms with E-state index in [2.05, 4.69) is 0 Å².